The molecule has 25 heavy (non-hydrogen) atoms. The Balaban J connectivity index is 2.16. The molecule has 1 aliphatic heterocycles. The molecule has 2 aromatic carbocycles. The van der Waals surface area contributed by atoms with Gasteiger partial charge in [0.15, 0.2) is 0 Å². The molecule has 3 rings (SSSR count). The molecule has 0 atom stereocenters. The van der Waals surface area contributed by atoms with Crippen LogP contribution in [-0.2, 0) is 4.84 Å². The Hall–Kier alpha value is -3.00. The van der Waals surface area contributed by atoms with Crippen molar-refractivity contribution in [2.75, 3.05) is 18.7 Å². The molecule has 0 bridgehead atoms. The lowest BCUT2D eigenvalue weighted by Crippen LogP contribution is -2.30. The van der Waals surface area contributed by atoms with Crippen LogP contribution in [-0.4, -0.2) is 37.6 Å². The molecular weight excluding hydrogens is 334 g/mol. The Morgan fingerprint density at radius 2 is 2.00 bits per heavy atom. The molecule has 2 aromatic rings. The van der Waals surface area contributed by atoms with E-state index < -0.39 is 12.6 Å². The number of hydrogen-bond acceptors (Lipinski definition) is 5. The number of anilines is 1. The molecule has 0 fully saturated rings. The second kappa shape index (κ2) is 6.86. The van der Waals surface area contributed by atoms with Gasteiger partial charge in [-0.15, -0.1) is 0 Å². The van der Waals surface area contributed by atoms with E-state index in [4.69, 9.17) is 4.74 Å². The van der Waals surface area contributed by atoms with E-state index in [0.717, 1.165) is 5.06 Å². The third kappa shape index (κ3) is 3.43. The molecule has 0 spiro atoms. The van der Waals surface area contributed by atoms with E-state index in [9.17, 15) is 18.7 Å². The molecule has 0 aliphatic carbocycles. The van der Waals surface area contributed by atoms with E-state index in [1.807, 2.05) is 0 Å². The Morgan fingerprint density at radius 1 is 1.28 bits per heavy atom. The first-order chi connectivity index (χ1) is 12.0. The van der Waals surface area contributed by atoms with Crippen molar-refractivity contribution in [3.05, 3.63) is 42.0 Å². The number of methoxy groups -OCH3 is 1. The van der Waals surface area contributed by atoms with Gasteiger partial charge in [-0.1, -0.05) is 12.1 Å². The van der Waals surface area contributed by atoms with Crippen molar-refractivity contribution in [1.29, 1.82) is 0 Å². The van der Waals surface area contributed by atoms with E-state index in [-0.39, 0.29) is 17.8 Å². The molecule has 0 unspecified atom stereocenters. The molecule has 1 aliphatic rings. The van der Waals surface area contributed by atoms with Crippen LogP contribution in [0.4, 0.5) is 20.2 Å². The molecule has 130 valence electrons. The molecule has 1 N–H and O–H groups in total. The fourth-order valence-corrected chi connectivity index (χ4v) is 2.56. The minimum Gasteiger partial charge on any atom is -0.497 e. The third-order valence-electron chi connectivity index (χ3n) is 3.68. The summed E-state index contributed by atoms with van der Waals surface area (Å²) in [5.74, 6) is -0.540. The highest BCUT2D eigenvalue weighted by molar-refractivity contribution is 5.98. The lowest BCUT2D eigenvalue weighted by molar-refractivity contribution is -0.136. The van der Waals surface area contributed by atoms with Crippen molar-refractivity contribution in [3.8, 4) is 16.9 Å². The van der Waals surface area contributed by atoms with Gasteiger partial charge in [0.2, 0.25) is 0 Å². The molecule has 0 amide bonds. The molecule has 1 heterocycles. The van der Waals surface area contributed by atoms with Crippen LogP contribution in [0.1, 0.15) is 10.4 Å². The fraction of sp³-hybridized carbons (Fsp3) is 0.176. The summed E-state index contributed by atoms with van der Waals surface area (Å²) in [5.41, 5.74) is 1.66. The summed E-state index contributed by atoms with van der Waals surface area (Å²) in [6, 6.07) is 9.63. The molecule has 0 radical (unpaired) electrons. The van der Waals surface area contributed by atoms with Gasteiger partial charge >= 0.3 is 12.6 Å². The summed E-state index contributed by atoms with van der Waals surface area (Å²) in [6.45, 7) is -3.04. The summed E-state index contributed by atoms with van der Waals surface area (Å²) in [6.07, 6.45) is 1.43. The SMILES string of the molecule is COc1ccc(-c2cc(C(=O)O)cc3c2N=CCN3OC(F)F)cc1. The normalized spacial score (nSPS) is 13.0. The third-order valence-corrected chi connectivity index (χ3v) is 3.68. The zero-order valence-corrected chi connectivity index (χ0v) is 13.1. The number of nitrogens with zero attached hydrogens (tertiary/aromatic N) is 2. The van der Waals surface area contributed by atoms with Crippen molar-refractivity contribution in [2.24, 2.45) is 4.99 Å². The van der Waals surface area contributed by atoms with Crippen LogP contribution < -0.4 is 9.80 Å². The number of ether oxygens (including phenoxy) is 1. The minimum atomic E-state index is -3.03. The fourth-order valence-electron chi connectivity index (χ4n) is 2.56. The summed E-state index contributed by atoms with van der Waals surface area (Å²) in [7, 11) is 1.53. The number of carboxylic acid groups (broad SMARTS) is 1. The molecule has 0 saturated carbocycles. The van der Waals surface area contributed by atoms with Gasteiger partial charge in [-0.2, -0.15) is 8.78 Å². The smallest absolute Gasteiger partial charge is 0.364 e. The summed E-state index contributed by atoms with van der Waals surface area (Å²) in [4.78, 5) is 20.2. The van der Waals surface area contributed by atoms with Gasteiger partial charge in [0.05, 0.1) is 30.6 Å². The van der Waals surface area contributed by atoms with E-state index in [1.54, 1.807) is 24.3 Å². The second-order valence-electron chi connectivity index (χ2n) is 5.16. The average Bonchev–Trinajstić information content (AvgIpc) is 2.60. The Kier molecular flexibility index (Phi) is 4.62. The van der Waals surface area contributed by atoms with Crippen molar-refractivity contribution < 1.29 is 28.3 Å². The summed E-state index contributed by atoms with van der Waals surface area (Å²) < 4.78 is 30.4. The maximum atomic E-state index is 12.6. The van der Waals surface area contributed by atoms with Crippen molar-refractivity contribution >= 4 is 23.6 Å². The highest BCUT2D eigenvalue weighted by atomic mass is 19.3. The number of hydroxylamine groups is 1. The maximum absolute atomic E-state index is 12.6. The number of carboxylic acids is 1. The highest BCUT2D eigenvalue weighted by Gasteiger charge is 2.24. The maximum Gasteiger partial charge on any atom is 0.364 e. The zero-order chi connectivity index (χ0) is 18.0. The quantitative estimate of drug-likeness (QED) is 0.891. The van der Waals surface area contributed by atoms with Crippen LogP contribution in [0.3, 0.4) is 0 Å². The number of fused-ring (bicyclic) bond motifs is 1. The topological polar surface area (TPSA) is 71.4 Å². The van der Waals surface area contributed by atoms with Gasteiger partial charge in [-0.25, -0.2) is 14.7 Å². The lowest BCUT2D eigenvalue weighted by atomic mass is 9.98. The van der Waals surface area contributed by atoms with E-state index in [0.29, 0.717) is 22.6 Å². The first-order valence-corrected chi connectivity index (χ1v) is 7.30. The van der Waals surface area contributed by atoms with Gasteiger partial charge in [0, 0.05) is 11.8 Å². The van der Waals surface area contributed by atoms with Crippen LogP contribution in [0.15, 0.2) is 41.4 Å². The molecular formula is C17H14F2N2O4. The summed E-state index contributed by atoms with van der Waals surface area (Å²) >= 11 is 0. The molecule has 0 saturated heterocycles. The van der Waals surface area contributed by atoms with Crippen LogP contribution in [0, 0.1) is 0 Å². The monoisotopic (exact) mass is 348 g/mol. The van der Waals surface area contributed by atoms with Gasteiger partial charge in [0.1, 0.15) is 5.75 Å². The van der Waals surface area contributed by atoms with E-state index >= 15 is 0 Å². The number of aromatic carboxylic acids is 1. The lowest BCUT2D eigenvalue weighted by Gasteiger charge is -2.27. The van der Waals surface area contributed by atoms with Crippen molar-refractivity contribution in [3.63, 3.8) is 0 Å². The van der Waals surface area contributed by atoms with Crippen LogP contribution in [0.2, 0.25) is 0 Å². The molecule has 6 nitrogen and oxygen atoms in total. The molecule has 8 heteroatoms. The zero-order valence-electron chi connectivity index (χ0n) is 13.1. The second-order valence-corrected chi connectivity index (χ2v) is 5.16. The van der Waals surface area contributed by atoms with Gasteiger partial charge in [0.25, 0.3) is 0 Å². The number of rotatable bonds is 5. The highest BCUT2D eigenvalue weighted by Crippen LogP contribution is 2.42. The minimum absolute atomic E-state index is 0.0114. The standard InChI is InChI=1S/C17H14F2N2O4/c1-24-12-4-2-10(3-5-12)13-8-11(16(22)23)9-14-15(13)20-6-7-21(14)25-17(18)19/h2-6,8-9,17H,7H2,1H3,(H,22,23). The average molecular weight is 348 g/mol. The Bertz CT molecular complexity index is 822. The van der Waals surface area contributed by atoms with E-state index in [1.165, 1.54) is 25.5 Å². The number of alkyl halides is 2. The summed E-state index contributed by atoms with van der Waals surface area (Å²) in [5, 5.41) is 10.3. The Labute approximate surface area is 141 Å². The number of aliphatic imine (C=N–C) groups is 1. The van der Waals surface area contributed by atoms with E-state index in [2.05, 4.69) is 9.83 Å². The predicted molar refractivity (Wildman–Crippen MR) is 88.0 cm³/mol. The molecule has 0 aromatic heterocycles. The number of carbonyl (C=O) groups is 1. The van der Waals surface area contributed by atoms with Gasteiger partial charge < -0.3 is 9.84 Å². The van der Waals surface area contributed by atoms with Gasteiger partial charge in [-0.3, -0.25) is 4.99 Å². The van der Waals surface area contributed by atoms with Crippen LogP contribution in [0.25, 0.3) is 11.1 Å². The number of halogens is 2. The number of benzene rings is 2. The predicted octanol–water partition coefficient (Wildman–Crippen LogP) is 3.74. The van der Waals surface area contributed by atoms with Crippen LogP contribution >= 0.6 is 0 Å². The number of hydrogen-bond donors (Lipinski definition) is 1. The van der Waals surface area contributed by atoms with Gasteiger partial charge in [-0.05, 0) is 29.8 Å². The first kappa shape index (κ1) is 16.8. The first-order valence-electron chi connectivity index (χ1n) is 7.30. The van der Waals surface area contributed by atoms with Crippen molar-refractivity contribution in [2.45, 2.75) is 6.61 Å². The van der Waals surface area contributed by atoms with Crippen molar-refractivity contribution in [1.82, 2.24) is 0 Å². The Morgan fingerprint density at radius 3 is 2.60 bits per heavy atom. The largest absolute Gasteiger partial charge is 0.497 e. The van der Waals surface area contributed by atoms with Crippen LogP contribution in [0.5, 0.6) is 5.75 Å².